The van der Waals surface area contributed by atoms with Crippen molar-refractivity contribution >= 4 is 33.3 Å². The topological polar surface area (TPSA) is 47.9 Å². The van der Waals surface area contributed by atoms with Crippen LogP contribution in [0.1, 0.15) is 11.1 Å². The van der Waals surface area contributed by atoms with E-state index in [2.05, 4.69) is 0 Å². The van der Waals surface area contributed by atoms with Crippen LogP contribution in [0.25, 0.3) is 22.0 Å². The Kier molecular flexibility index (Phi) is 4.81. The minimum absolute atomic E-state index is 0.127. The van der Waals surface area contributed by atoms with E-state index < -0.39 is 5.83 Å². The third-order valence-electron chi connectivity index (χ3n) is 3.81. The van der Waals surface area contributed by atoms with Crippen molar-refractivity contribution in [1.82, 2.24) is 0 Å². The Morgan fingerprint density at radius 1 is 1.04 bits per heavy atom. The van der Waals surface area contributed by atoms with Crippen molar-refractivity contribution in [2.24, 2.45) is 0 Å². The van der Waals surface area contributed by atoms with Crippen molar-refractivity contribution < 1.29 is 23.7 Å². The third-order valence-corrected chi connectivity index (χ3v) is 4.67. The molecule has 0 saturated carbocycles. The number of ether oxygens (including phenoxy) is 3. The fourth-order valence-corrected chi connectivity index (χ4v) is 3.46. The highest BCUT2D eigenvalue weighted by Crippen LogP contribution is 2.40. The summed E-state index contributed by atoms with van der Waals surface area (Å²) in [5.41, 5.74) is 0.860. The van der Waals surface area contributed by atoms with Gasteiger partial charge >= 0.3 is 0 Å². The number of rotatable bonds is 5. The molecule has 0 aliphatic heterocycles. The van der Waals surface area contributed by atoms with E-state index in [4.69, 9.17) is 14.2 Å². The molecule has 0 saturated heterocycles. The molecule has 1 aromatic heterocycles. The monoisotopic (exact) mass is 360 g/mol. The lowest BCUT2D eigenvalue weighted by Crippen LogP contribution is -1.96. The van der Waals surface area contributed by atoms with Gasteiger partial charge in [0.15, 0.2) is 11.5 Å². The Bertz CT molecular complexity index is 921. The predicted octanol–water partition coefficient (Wildman–Crippen LogP) is 5.10. The molecule has 0 atom stereocenters. The van der Waals surface area contributed by atoms with Gasteiger partial charge in [-0.15, -0.1) is 11.3 Å². The Labute approximate surface area is 148 Å². The SMILES string of the molecule is COc1cc(/C(F)=C\c2cc(O)c3ccsc3c2)cc(OC)c1OC. The molecular weight excluding hydrogens is 343 g/mol. The zero-order chi connectivity index (χ0) is 18.0. The lowest BCUT2D eigenvalue weighted by molar-refractivity contribution is 0.324. The summed E-state index contributed by atoms with van der Waals surface area (Å²) in [5.74, 6) is 0.797. The summed E-state index contributed by atoms with van der Waals surface area (Å²) >= 11 is 1.49. The van der Waals surface area contributed by atoms with Crippen LogP contribution >= 0.6 is 11.3 Å². The molecule has 130 valence electrons. The van der Waals surface area contributed by atoms with Crippen molar-refractivity contribution in [1.29, 1.82) is 0 Å². The number of halogens is 1. The molecule has 2 aromatic carbocycles. The van der Waals surface area contributed by atoms with Crippen molar-refractivity contribution in [3.05, 3.63) is 46.8 Å². The summed E-state index contributed by atoms with van der Waals surface area (Å²) in [4.78, 5) is 0. The van der Waals surface area contributed by atoms with Gasteiger partial charge in [0.25, 0.3) is 0 Å². The van der Waals surface area contributed by atoms with Crippen LogP contribution in [0.5, 0.6) is 23.0 Å². The van der Waals surface area contributed by atoms with Crippen molar-refractivity contribution in [3.63, 3.8) is 0 Å². The molecule has 1 heterocycles. The van der Waals surface area contributed by atoms with E-state index in [9.17, 15) is 9.50 Å². The molecule has 0 spiro atoms. The van der Waals surface area contributed by atoms with Crippen molar-refractivity contribution in [2.45, 2.75) is 0 Å². The second-order valence-electron chi connectivity index (χ2n) is 5.28. The van der Waals surface area contributed by atoms with Crippen LogP contribution in [0.2, 0.25) is 0 Å². The average molecular weight is 360 g/mol. The summed E-state index contributed by atoms with van der Waals surface area (Å²) in [6.45, 7) is 0. The molecule has 0 amide bonds. The van der Waals surface area contributed by atoms with Gasteiger partial charge < -0.3 is 19.3 Å². The molecule has 0 aliphatic carbocycles. The second-order valence-corrected chi connectivity index (χ2v) is 6.23. The van der Waals surface area contributed by atoms with Crippen LogP contribution in [-0.4, -0.2) is 26.4 Å². The largest absolute Gasteiger partial charge is 0.507 e. The maximum Gasteiger partial charge on any atom is 0.203 e. The fourth-order valence-electron chi connectivity index (χ4n) is 2.60. The Hall–Kier alpha value is -2.73. The molecule has 0 fully saturated rings. The summed E-state index contributed by atoms with van der Waals surface area (Å²) < 4.78 is 31.4. The highest BCUT2D eigenvalue weighted by atomic mass is 32.1. The van der Waals surface area contributed by atoms with Gasteiger partial charge in [-0.2, -0.15) is 0 Å². The second kappa shape index (κ2) is 7.03. The van der Waals surface area contributed by atoms with Gasteiger partial charge in [0.1, 0.15) is 11.6 Å². The Morgan fingerprint density at radius 2 is 1.72 bits per heavy atom. The predicted molar refractivity (Wildman–Crippen MR) is 98.6 cm³/mol. The summed E-state index contributed by atoms with van der Waals surface area (Å²) in [5, 5.41) is 12.7. The van der Waals surface area contributed by atoms with Gasteiger partial charge in [0.05, 0.1) is 21.3 Å². The van der Waals surface area contributed by atoms with E-state index in [-0.39, 0.29) is 5.75 Å². The first-order valence-corrected chi connectivity index (χ1v) is 8.33. The number of fused-ring (bicyclic) bond motifs is 1. The minimum Gasteiger partial charge on any atom is -0.507 e. The number of benzene rings is 2. The molecule has 0 unspecified atom stereocenters. The van der Waals surface area contributed by atoms with E-state index >= 15 is 0 Å². The normalized spacial score (nSPS) is 11.6. The van der Waals surface area contributed by atoms with Gasteiger partial charge in [0.2, 0.25) is 5.75 Å². The van der Waals surface area contributed by atoms with E-state index in [1.54, 1.807) is 0 Å². The van der Waals surface area contributed by atoms with Gasteiger partial charge in [-0.1, -0.05) is 0 Å². The van der Waals surface area contributed by atoms with E-state index in [0.717, 1.165) is 10.1 Å². The Balaban J connectivity index is 2.06. The van der Waals surface area contributed by atoms with Crippen LogP contribution in [-0.2, 0) is 0 Å². The average Bonchev–Trinajstić information content (AvgIpc) is 3.09. The number of hydrogen-bond donors (Lipinski definition) is 1. The third kappa shape index (κ3) is 3.25. The zero-order valence-corrected chi connectivity index (χ0v) is 14.8. The number of methoxy groups -OCH3 is 3. The number of thiophene rings is 1. The summed E-state index contributed by atoms with van der Waals surface area (Å²) in [6, 6.07) is 8.27. The van der Waals surface area contributed by atoms with Crippen LogP contribution in [0.3, 0.4) is 0 Å². The van der Waals surface area contributed by atoms with E-state index in [1.165, 1.54) is 56.9 Å². The minimum atomic E-state index is -0.477. The molecule has 25 heavy (non-hydrogen) atoms. The standard InChI is InChI=1S/C19H17FO4S/c1-22-16-9-12(10-17(23-2)19(16)24-3)14(20)6-11-7-15(21)13-4-5-25-18(13)8-11/h4-10,21H,1-3H3/b14-6+. The van der Waals surface area contributed by atoms with Crippen LogP contribution in [0.4, 0.5) is 4.39 Å². The van der Waals surface area contributed by atoms with Crippen LogP contribution in [0, 0.1) is 0 Å². The smallest absolute Gasteiger partial charge is 0.203 e. The highest BCUT2D eigenvalue weighted by molar-refractivity contribution is 7.17. The summed E-state index contributed by atoms with van der Waals surface area (Å²) in [7, 11) is 4.45. The molecule has 3 rings (SSSR count). The molecule has 3 aromatic rings. The summed E-state index contributed by atoms with van der Waals surface area (Å²) in [6.07, 6.45) is 1.36. The molecule has 0 radical (unpaired) electrons. The first kappa shape index (κ1) is 17.1. The number of hydrogen-bond acceptors (Lipinski definition) is 5. The van der Waals surface area contributed by atoms with Crippen molar-refractivity contribution in [3.8, 4) is 23.0 Å². The molecule has 0 bridgehead atoms. The van der Waals surface area contributed by atoms with Crippen LogP contribution in [0.15, 0.2) is 35.7 Å². The molecule has 1 N–H and O–H groups in total. The lowest BCUT2D eigenvalue weighted by Gasteiger charge is -2.13. The zero-order valence-electron chi connectivity index (χ0n) is 14.0. The maximum atomic E-state index is 14.8. The number of phenolic OH excluding ortho intramolecular Hbond substituents is 1. The number of phenols is 1. The van der Waals surface area contributed by atoms with E-state index in [1.807, 2.05) is 17.5 Å². The van der Waals surface area contributed by atoms with Gasteiger partial charge in [-0.05, 0) is 47.4 Å². The molecular formula is C19H17FO4S. The molecule has 6 heteroatoms. The van der Waals surface area contributed by atoms with Gasteiger partial charge in [-0.25, -0.2) is 4.39 Å². The molecule has 4 nitrogen and oxygen atoms in total. The fraction of sp³-hybridized carbons (Fsp3) is 0.158. The quantitative estimate of drug-likeness (QED) is 0.643. The number of aromatic hydroxyl groups is 1. The molecule has 0 aliphatic rings. The van der Waals surface area contributed by atoms with E-state index in [0.29, 0.717) is 28.4 Å². The highest BCUT2D eigenvalue weighted by Gasteiger charge is 2.15. The maximum absolute atomic E-state index is 14.8. The van der Waals surface area contributed by atoms with Gasteiger partial charge in [-0.3, -0.25) is 0 Å². The van der Waals surface area contributed by atoms with Crippen molar-refractivity contribution in [2.75, 3.05) is 21.3 Å². The first-order valence-electron chi connectivity index (χ1n) is 7.45. The Morgan fingerprint density at radius 3 is 2.32 bits per heavy atom. The first-order chi connectivity index (χ1) is 12.1. The van der Waals surface area contributed by atoms with Gasteiger partial charge in [0, 0.05) is 15.6 Å². The lowest BCUT2D eigenvalue weighted by atomic mass is 10.1. The van der Waals surface area contributed by atoms with Crippen LogP contribution < -0.4 is 14.2 Å².